The number of hydrogen-bond donors (Lipinski definition) is 2. The predicted molar refractivity (Wildman–Crippen MR) is 162 cm³/mol. The van der Waals surface area contributed by atoms with Crippen LogP contribution in [-0.4, -0.2) is 55.0 Å². The molecule has 0 fully saturated rings. The first-order valence-electron chi connectivity index (χ1n) is 12.3. The number of benzene rings is 3. The fourth-order valence-corrected chi connectivity index (χ4v) is 6.00. The zero-order valence-corrected chi connectivity index (χ0v) is 22.4. The Morgan fingerprint density at radius 3 is 2.30 bits per heavy atom. The van der Waals surface area contributed by atoms with E-state index in [-0.39, 0.29) is 46.8 Å². The van der Waals surface area contributed by atoms with Crippen molar-refractivity contribution in [2.24, 2.45) is 4.99 Å². The minimum absolute atomic E-state index is 0. The number of aliphatic imine (C=N–C) groups is 1. The molecule has 3 aromatic rings. The van der Waals surface area contributed by atoms with Crippen LogP contribution in [0.5, 0.6) is 0 Å². The van der Waals surface area contributed by atoms with Gasteiger partial charge in [0.1, 0.15) is 0 Å². The molecule has 5 rings (SSSR count). The normalized spacial score (nSPS) is 17.6. The molecule has 1 unspecified atom stereocenters. The second kappa shape index (κ2) is 13.4. The van der Waals surface area contributed by atoms with Crippen LogP contribution in [0.1, 0.15) is 23.5 Å². The molecule has 1 heterocycles. The molecule has 40 heavy (non-hydrogen) atoms. The zero-order chi connectivity index (χ0) is 27.2. The van der Waals surface area contributed by atoms with Crippen LogP contribution in [0.25, 0.3) is 0 Å². The molecule has 0 radical (unpaired) electrons. The van der Waals surface area contributed by atoms with Crippen LogP contribution < -0.4 is 10.0 Å². The molecule has 0 saturated carbocycles. The Morgan fingerprint density at radius 1 is 0.975 bits per heavy atom. The van der Waals surface area contributed by atoms with Gasteiger partial charge in [-0.15, -0.1) is 0 Å². The summed E-state index contributed by atoms with van der Waals surface area (Å²) in [5.41, 5.74) is 3.58. The first-order valence-corrected chi connectivity index (χ1v) is 14.6. The van der Waals surface area contributed by atoms with Crippen molar-refractivity contribution >= 4 is 74.0 Å². The van der Waals surface area contributed by atoms with Crippen molar-refractivity contribution in [1.29, 1.82) is 0 Å². The van der Waals surface area contributed by atoms with E-state index in [1.54, 1.807) is 42.5 Å². The molecule has 2 aliphatic rings. The SMILES string of the molecule is O=C(Cc1ccc(NC2=NC(=O)C(=CC3=CCC(c4ccccc4)C=C3)S2)cc1)NS(=O)(=O)c1ccccc1.[NaH]. The number of rotatable bonds is 7. The fourth-order valence-electron chi connectivity index (χ4n) is 4.16. The Morgan fingerprint density at radius 2 is 1.65 bits per heavy atom. The number of amidine groups is 1. The number of nitrogens with zero attached hydrogens (tertiary/aromatic N) is 1. The molecule has 198 valence electrons. The van der Waals surface area contributed by atoms with Crippen LogP contribution in [0.3, 0.4) is 0 Å². The Kier molecular flexibility index (Phi) is 9.99. The van der Waals surface area contributed by atoms with Crippen molar-refractivity contribution in [2.75, 3.05) is 5.32 Å². The van der Waals surface area contributed by atoms with Crippen LogP contribution in [-0.2, 0) is 26.0 Å². The van der Waals surface area contributed by atoms with E-state index >= 15 is 0 Å². The number of carbonyl (C=O) groups is 2. The Labute approximate surface area is 259 Å². The van der Waals surface area contributed by atoms with Crippen LogP contribution in [0.4, 0.5) is 5.69 Å². The zero-order valence-electron chi connectivity index (χ0n) is 20.8. The standard InChI is InChI=1S/C30H25N3O4S2.Na.H/c34-28(33-39(36,37)26-9-5-2-6-10-26)20-22-13-17-25(18-14-22)31-30-32-29(35)27(38-30)19-21-11-15-24(16-12-21)23-7-3-1-4-8-23;;/h1-15,17-19,24H,16,20H2,(H,33,34)(H,31,32,35);;. The molecule has 10 heteroatoms. The van der Waals surface area contributed by atoms with Crippen molar-refractivity contribution in [3.63, 3.8) is 0 Å². The molecular formula is C30H26N3NaO4S2. The van der Waals surface area contributed by atoms with Gasteiger partial charge in [0.15, 0.2) is 5.17 Å². The van der Waals surface area contributed by atoms with Crippen molar-refractivity contribution in [1.82, 2.24) is 4.72 Å². The predicted octanol–water partition coefficient (Wildman–Crippen LogP) is 4.68. The van der Waals surface area contributed by atoms with Gasteiger partial charge < -0.3 is 5.32 Å². The number of carbonyl (C=O) groups excluding carboxylic acids is 2. The van der Waals surface area contributed by atoms with E-state index in [4.69, 9.17) is 0 Å². The minimum atomic E-state index is -3.92. The van der Waals surface area contributed by atoms with Crippen LogP contribution in [0.15, 0.2) is 130 Å². The third-order valence-corrected chi connectivity index (χ3v) is 8.43. The summed E-state index contributed by atoms with van der Waals surface area (Å²) in [6.07, 6.45) is 8.95. The first-order chi connectivity index (χ1) is 18.9. The number of amides is 2. The van der Waals surface area contributed by atoms with Gasteiger partial charge in [0.2, 0.25) is 5.91 Å². The molecule has 1 aliphatic carbocycles. The van der Waals surface area contributed by atoms with Crippen molar-refractivity contribution in [2.45, 2.75) is 23.7 Å². The van der Waals surface area contributed by atoms with E-state index in [2.05, 4.69) is 39.3 Å². The van der Waals surface area contributed by atoms with Crippen molar-refractivity contribution in [3.8, 4) is 0 Å². The van der Waals surface area contributed by atoms with Gasteiger partial charge in [0.25, 0.3) is 15.9 Å². The van der Waals surface area contributed by atoms with E-state index in [0.717, 1.165) is 12.0 Å². The number of anilines is 1. The van der Waals surface area contributed by atoms with Gasteiger partial charge in [-0.05, 0) is 65.2 Å². The summed E-state index contributed by atoms with van der Waals surface area (Å²) in [7, 11) is -3.92. The summed E-state index contributed by atoms with van der Waals surface area (Å²) < 4.78 is 26.8. The molecule has 7 nitrogen and oxygen atoms in total. The van der Waals surface area contributed by atoms with E-state index in [1.807, 2.05) is 30.4 Å². The van der Waals surface area contributed by atoms with Gasteiger partial charge in [-0.25, -0.2) is 13.1 Å². The Hall–Kier alpha value is -3.21. The molecule has 3 aromatic carbocycles. The molecule has 0 bridgehead atoms. The third-order valence-electron chi connectivity index (χ3n) is 6.15. The summed E-state index contributed by atoms with van der Waals surface area (Å²) in [5, 5.41) is 3.59. The monoisotopic (exact) mass is 579 g/mol. The quantitative estimate of drug-likeness (QED) is 0.311. The average Bonchev–Trinajstić information content (AvgIpc) is 3.29. The van der Waals surface area contributed by atoms with Gasteiger partial charge >= 0.3 is 29.6 Å². The summed E-state index contributed by atoms with van der Waals surface area (Å²) in [4.78, 5) is 29.5. The number of allylic oxidation sites excluding steroid dienone is 5. The van der Waals surface area contributed by atoms with Crippen LogP contribution in [0, 0.1) is 0 Å². The third kappa shape index (κ3) is 7.71. The Bertz CT molecular complexity index is 1620. The van der Waals surface area contributed by atoms with Gasteiger partial charge in [0.05, 0.1) is 16.2 Å². The van der Waals surface area contributed by atoms with E-state index < -0.39 is 15.9 Å². The second-order valence-electron chi connectivity index (χ2n) is 8.99. The van der Waals surface area contributed by atoms with Crippen molar-refractivity contribution < 1.29 is 18.0 Å². The molecule has 1 aliphatic heterocycles. The van der Waals surface area contributed by atoms with Gasteiger partial charge in [-0.1, -0.05) is 78.9 Å². The topological polar surface area (TPSA) is 105 Å². The van der Waals surface area contributed by atoms with Gasteiger partial charge in [-0.3, -0.25) is 9.59 Å². The molecule has 2 N–H and O–H groups in total. The molecular weight excluding hydrogens is 553 g/mol. The summed E-state index contributed by atoms with van der Waals surface area (Å²) in [5.74, 6) is -0.595. The molecule has 0 saturated heterocycles. The number of thioether (sulfide) groups is 1. The summed E-state index contributed by atoms with van der Waals surface area (Å²) in [6.45, 7) is 0. The molecule has 0 spiro atoms. The molecule has 1 atom stereocenters. The maximum absolute atomic E-state index is 12.5. The molecule has 2 amide bonds. The van der Waals surface area contributed by atoms with E-state index in [0.29, 0.717) is 27.2 Å². The molecule has 0 aromatic heterocycles. The van der Waals surface area contributed by atoms with Crippen molar-refractivity contribution in [3.05, 3.63) is 131 Å². The Balaban J connectivity index is 0.00000370. The number of sulfonamides is 1. The average molecular weight is 580 g/mol. The number of nitrogens with one attached hydrogen (secondary N) is 2. The van der Waals surface area contributed by atoms with E-state index in [9.17, 15) is 18.0 Å². The van der Waals surface area contributed by atoms with Gasteiger partial charge in [0, 0.05) is 11.6 Å². The number of hydrogen-bond acceptors (Lipinski definition) is 6. The maximum atomic E-state index is 12.5. The van der Waals surface area contributed by atoms with Crippen LogP contribution in [0.2, 0.25) is 0 Å². The van der Waals surface area contributed by atoms with E-state index in [1.165, 1.54) is 29.5 Å². The summed E-state index contributed by atoms with van der Waals surface area (Å²) >= 11 is 1.27. The van der Waals surface area contributed by atoms with Gasteiger partial charge in [-0.2, -0.15) is 4.99 Å². The second-order valence-corrected chi connectivity index (χ2v) is 11.7. The van der Waals surface area contributed by atoms with Crippen LogP contribution >= 0.6 is 11.8 Å². The first kappa shape index (κ1) is 29.8. The fraction of sp³-hybridized carbons (Fsp3) is 0.100. The summed E-state index contributed by atoms with van der Waals surface area (Å²) in [6, 6.07) is 25.0.